The van der Waals surface area contributed by atoms with E-state index in [1.165, 1.54) is 24.3 Å². The molecule has 0 aromatic heterocycles. The number of hydrogen-bond acceptors (Lipinski definition) is 12. The maximum absolute atomic E-state index is 12.7. The summed E-state index contributed by atoms with van der Waals surface area (Å²) in [6.45, 7) is 5.62. The molecule has 0 heterocycles. The first kappa shape index (κ1) is 36.3. The van der Waals surface area contributed by atoms with Crippen molar-refractivity contribution < 1.29 is 51.7 Å². The average molecular weight is 661 g/mol. The van der Waals surface area contributed by atoms with Crippen LogP contribution in [0, 0.1) is 0 Å². The molecule has 1 amide bonds. The number of carbonyl (C=O) groups excluding carboxylic acids is 2. The first-order valence-corrected chi connectivity index (χ1v) is 15.8. The Morgan fingerprint density at radius 2 is 1.76 bits per heavy atom. The van der Waals surface area contributed by atoms with Crippen LogP contribution in [-0.4, -0.2) is 68.2 Å². The second-order valence-corrected chi connectivity index (χ2v) is 12.5. The third-order valence-electron chi connectivity index (χ3n) is 6.36. The van der Waals surface area contributed by atoms with Gasteiger partial charge in [0.1, 0.15) is 23.7 Å². The molecule has 0 bridgehead atoms. The summed E-state index contributed by atoms with van der Waals surface area (Å²) in [5.41, 5.74) is 1.50. The number of nitrogens with one attached hydrogen (secondary N) is 1. The molecule has 4 N–H and O–H groups in total. The number of benzene rings is 3. The molecule has 0 saturated carbocycles. The fraction of sp³-hybridized carbons (Fsp3) is 0.375. The largest absolute Gasteiger partial charge is 0.508 e. The first-order valence-electron chi connectivity index (χ1n) is 14.4. The fourth-order valence-corrected chi connectivity index (χ4v) is 4.96. The summed E-state index contributed by atoms with van der Waals surface area (Å²) in [6, 6.07) is 18.2. The number of anilines is 1. The van der Waals surface area contributed by atoms with Crippen LogP contribution in [0.4, 0.5) is 10.5 Å². The van der Waals surface area contributed by atoms with E-state index in [1.54, 1.807) is 39.0 Å². The van der Waals surface area contributed by atoms with Gasteiger partial charge in [0.05, 0.1) is 31.6 Å². The second-order valence-electron chi connectivity index (χ2n) is 11.1. The van der Waals surface area contributed by atoms with E-state index in [4.69, 9.17) is 14.2 Å². The van der Waals surface area contributed by atoms with Crippen LogP contribution in [0.1, 0.15) is 49.1 Å². The van der Waals surface area contributed by atoms with Crippen LogP contribution in [0.3, 0.4) is 0 Å². The average Bonchev–Trinajstić information content (AvgIpc) is 2.99. The highest BCUT2D eigenvalue weighted by Gasteiger charge is 2.35. The van der Waals surface area contributed by atoms with Crippen molar-refractivity contribution in [2.45, 2.75) is 52.1 Å². The summed E-state index contributed by atoms with van der Waals surface area (Å²) < 4.78 is 46.0. The summed E-state index contributed by atoms with van der Waals surface area (Å²) in [4.78, 5) is 23.4. The van der Waals surface area contributed by atoms with Crippen molar-refractivity contribution in [3.63, 3.8) is 0 Å². The van der Waals surface area contributed by atoms with Gasteiger partial charge in [0, 0.05) is 12.1 Å². The Kier molecular flexibility index (Phi) is 13.3. The molecule has 3 rings (SSSR count). The van der Waals surface area contributed by atoms with Crippen LogP contribution >= 0.6 is 0 Å². The van der Waals surface area contributed by atoms with Crippen LogP contribution in [-0.2, 0) is 48.4 Å². The number of carbonyl (C=O) groups is 2. The predicted octanol–water partition coefficient (Wildman–Crippen LogP) is 3.51. The maximum atomic E-state index is 12.7. The standard InChI is InChI=1S/C32H40N2O11S/c1-32(2,3)45-31(39)34(46(40,41)44-22-36)27-6-4-5-24(17-27)21-42-15-16-43-28-10-7-23(8-11-28)13-14-33-19-30(38)25-9-12-29(37)26(18-25)20-35/h4-12,17-18,22,30,33,35,37-38H,13-16,19-21H2,1-3H3/t30-/m1/s1. The molecule has 46 heavy (non-hydrogen) atoms. The number of hydrogen-bond donors (Lipinski definition) is 4. The van der Waals surface area contributed by atoms with Gasteiger partial charge >= 0.3 is 22.9 Å². The number of rotatable bonds is 17. The third-order valence-corrected chi connectivity index (χ3v) is 7.49. The summed E-state index contributed by atoms with van der Waals surface area (Å²) >= 11 is 0. The van der Waals surface area contributed by atoms with E-state index in [0.717, 1.165) is 12.0 Å². The van der Waals surface area contributed by atoms with Crippen LogP contribution in [0.5, 0.6) is 11.5 Å². The summed E-state index contributed by atoms with van der Waals surface area (Å²) in [6.07, 6.45) is -1.29. The van der Waals surface area contributed by atoms with Crippen molar-refractivity contribution in [2.75, 3.05) is 30.6 Å². The number of nitrogens with zero attached hydrogens (tertiary/aromatic N) is 1. The Bertz CT molecular complexity index is 1540. The lowest BCUT2D eigenvalue weighted by molar-refractivity contribution is -0.120. The predicted molar refractivity (Wildman–Crippen MR) is 168 cm³/mol. The molecule has 0 saturated heterocycles. The lowest BCUT2D eigenvalue weighted by Crippen LogP contribution is -2.41. The van der Waals surface area contributed by atoms with Crippen molar-refractivity contribution in [1.82, 2.24) is 5.32 Å². The lowest BCUT2D eigenvalue weighted by Gasteiger charge is -2.25. The monoisotopic (exact) mass is 660 g/mol. The smallest absolute Gasteiger partial charge is 0.431 e. The van der Waals surface area contributed by atoms with Gasteiger partial charge in [-0.3, -0.25) is 4.79 Å². The molecular weight excluding hydrogens is 620 g/mol. The zero-order valence-electron chi connectivity index (χ0n) is 25.9. The maximum Gasteiger partial charge on any atom is 0.431 e. The molecule has 0 aliphatic heterocycles. The summed E-state index contributed by atoms with van der Waals surface area (Å²) in [5.74, 6) is 0.640. The molecule has 0 unspecified atom stereocenters. The van der Waals surface area contributed by atoms with E-state index in [0.29, 0.717) is 35.5 Å². The van der Waals surface area contributed by atoms with E-state index >= 15 is 0 Å². The number of aliphatic hydroxyl groups is 2. The van der Waals surface area contributed by atoms with Gasteiger partial charge in [0.25, 0.3) is 0 Å². The highest BCUT2D eigenvalue weighted by atomic mass is 32.2. The van der Waals surface area contributed by atoms with Gasteiger partial charge in [-0.25, -0.2) is 4.79 Å². The van der Waals surface area contributed by atoms with Gasteiger partial charge in [-0.05, 0) is 86.8 Å². The molecule has 0 aliphatic carbocycles. The molecule has 0 aliphatic rings. The molecule has 14 heteroatoms. The van der Waals surface area contributed by atoms with Crippen molar-refractivity contribution in [3.8, 4) is 11.5 Å². The fourth-order valence-electron chi connectivity index (χ4n) is 4.18. The highest BCUT2D eigenvalue weighted by Crippen LogP contribution is 2.25. The Balaban J connectivity index is 1.42. The van der Waals surface area contributed by atoms with Gasteiger partial charge in [-0.15, -0.1) is 4.31 Å². The SMILES string of the molecule is CC(C)(C)OC(=O)N(c1cccc(COCCOc2ccc(CCNC[C@@H](O)c3ccc(O)c(CO)c3)cc2)c1)S(=O)(=O)OC=O. The van der Waals surface area contributed by atoms with Crippen LogP contribution in [0.15, 0.2) is 66.7 Å². The lowest BCUT2D eigenvalue weighted by atomic mass is 10.1. The summed E-state index contributed by atoms with van der Waals surface area (Å²) in [7, 11) is -4.80. The zero-order chi connectivity index (χ0) is 33.7. The molecule has 0 radical (unpaired) electrons. The highest BCUT2D eigenvalue weighted by molar-refractivity contribution is 7.89. The number of phenols is 1. The van der Waals surface area contributed by atoms with E-state index in [-0.39, 0.29) is 48.6 Å². The molecule has 0 fully saturated rings. The van der Waals surface area contributed by atoms with E-state index in [2.05, 4.69) is 9.50 Å². The normalized spacial score (nSPS) is 12.3. The van der Waals surface area contributed by atoms with E-state index in [9.17, 15) is 33.3 Å². The zero-order valence-corrected chi connectivity index (χ0v) is 26.7. The molecule has 13 nitrogen and oxygen atoms in total. The minimum absolute atomic E-state index is 0.0108. The molecule has 0 spiro atoms. The van der Waals surface area contributed by atoms with Crippen LogP contribution in [0.25, 0.3) is 0 Å². The number of ether oxygens (including phenoxy) is 3. The van der Waals surface area contributed by atoms with Crippen LogP contribution < -0.4 is 14.4 Å². The van der Waals surface area contributed by atoms with Gasteiger partial charge in [-0.2, -0.15) is 8.42 Å². The number of aliphatic hydroxyl groups excluding tert-OH is 2. The van der Waals surface area contributed by atoms with Gasteiger partial charge in [0.15, 0.2) is 0 Å². The van der Waals surface area contributed by atoms with Gasteiger partial charge in [-0.1, -0.05) is 30.3 Å². The van der Waals surface area contributed by atoms with E-state index in [1.807, 2.05) is 24.3 Å². The second kappa shape index (κ2) is 16.9. The third kappa shape index (κ3) is 11.3. The van der Waals surface area contributed by atoms with Gasteiger partial charge < -0.3 is 39.0 Å². The molecular formula is C32H40N2O11S. The Labute approximate surface area is 268 Å². The van der Waals surface area contributed by atoms with Crippen LogP contribution in [0.2, 0.25) is 0 Å². The van der Waals surface area contributed by atoms with Crippen molar-refractivity contribution in [3.05, 3.63) is 89.0 Å². The topological polar surface area (TPSA) is 181 Å². The van der Waals surface area contributed by atoms with Crippen molar-refractivity contribution in [1.29, 1.82) is 0 Å². The first-order chi connectivity index (χ1) is 21.8. The minimum Gasteiger partial charge on any atom is -0.508 e. The number of aromatic hydroxyl groups is 1. The van der Waals surface area contributed by atoms with E-state index < -0.39 is 28.1 Å². The quantitative estimate of drug-likeness (QED) is 0.122. The molecule has 1 atom stereocenters. The molecule has 3 aromatic rings. The Morgan fingerprint density at radius 1 is 1.02 bits per heavy atom. The Hall–Kier alpha value is -4.21. The molecule has 250 valence electrons. The summed E-state index contributed by atoms with van der Waals surface area (Å²) in [5, 5.41) is 32.5. The van der Waals surface area contributed by atoms with Crippen molar-refractivity contribution >= 4 is 28.6 Å². The molecule has 3 aromatic carbocycles. The van der Waals surface area contributed by atoms with Gasteiger partial charge in [0.2, 0.25) is 0 Å². The minimum atomic E-state index is -4.80. The Morgan fingerprint density at radius 3 is 2.43 bits per heavy atom. The number of amides is 1. The van der Waals surface area contributed by atoms with Crippen molar-refractivity contribution in [2.24, 2.45) is 0 Å².